The minimum Gasteiger partial charge on any atom is -0.375 e. The summed E-state index contributed by atoms with van der Waals surface area (Å²) in [6, 6.07) is 9.74. The highest BCUT2D eigenvalue weighted by Gasteiger charge is 2.36. The van der Waals surface area contributed by atoms with Crippen molar-refractivity contribution >= 4 is 28.8 Å². The first-order chi connectivity index (χ1) is 16.8. The van der Waals surface area contributed by atoms with Gasteiger partial charge in [0.2, 0.25) is 5.91 Å². The van der Waals surface area contributed by atoms with Crippen molar-refractivity contribution in [2.75, 3.05) is 31.1 Å². The van der Waals surface area contributed by atoms with Gasteiger partial charge in [0, 0.05) is 31.9 Å². The van der Waals surface area contributed by atoms with Crippen molar-refractivity contribution in [2.24, 2.45) is 0 Å². The first kappa shape index (κ1) is 24.4. The fraction of sp³-hybridized carbons (Fsp3) is 0.385. The third-order valence-corrected chi connectivity index (χ3v) is 6.14. The number of rotatable bonds is 8. The number of nitrogens with zero attached hydrogens (tertiary/aromatic N) is 4. The van der Waals surface area contributed by atoms with Crippen LogP contribution in [0.4, 0.5) is 5.82 Å². The van der Waals surface area contributed by atoms with Crippen LogP contribution < -0.4 is 10.2 Å². The molecule has 9 nitrogen and oxygen atoms in total. The fourth-order valence-electron chi connectivity index (χ4n) is 4.35. The average molecular weight is 477 g/mol. The number of hydrogen-bond acceptors (Lipinski definition) is 6. The lowest BCUT2D eigenvalue weighted by molar-refractivity contribution is -0.131. The maximum absolute atomic E-state index is 13.0. The van der Waals surface area contributed by atoms with Gasteiger partial charge in [-0.15, -0.1) is 0 Å². The second-order valence-electron chi connectivity index (χ2n) is 9.43. The van der Waals surface area contributed by atoms with E-state index in [-0.39, 0.29) is 17.9 Å². The van der Waals surface area contributed by atoms with Gasteiger partial charge in [-0.05, 0) is 32.4 Å². The number of amides is 2. The van der Waals surface area contributed by atoms with E-state index in [4.69, 9.17) is 9.72 Å². The topological polar surface area (TPSA) is 103 Å². The third-order valence-electron chi connectivity index (χ3n) is 6.14. The number of piperazine rings is 1. The molecule has 1 saturated heterocycles. The molecule has 0 saturated carbocycles. The van der Waals surface area contributed by atoms with Gasteiger partial charge in [-0.3, -0.25) is 9.59 Å². The summed E-state index contributed by atoms with van der Waals surface area (Å²) in [5.41, 5.74) is 2.19. The lowest BCUT2D eigenvalue weighted by Crippen LogP contribution is -2.61. The second kappa shape index (κ2) is 10.3. The number of hydrogen-bond donors (Lipinski definition) is 2. The average Bonchev–Trinajstić information content (AvgIpc) is 3.27. The maximum Gasteiger partial charge on any atom is 0.255 e. The molecule has 0 unspecified atom stereocenters. The van der Waals surface area contributed by atoms with Crippen LogP contribution in [0, 0.1) is 0 Å². The first-order valence-corrected chi connectivity index (χ1v) is 11.7. The van der Waals surface area contributed by atoms with E-state index >= 15 is 0 Å². The van der Waals surface area contributed by atoms with E-state index in [2.05, 4.69) is 26.8 Å². The lowest BCUT2D eigenvalue weighted by Gasteiger charge is -2.47. The van der Waals surface area contributed by atoms with Gasteiger partial charge in [0.25, 0.3) is 5.91 Å². The predicted molar refractivity (Wildman–Crippen MR) is 135 cm³/mol. The van der Waals surface area contributed by atoms with E-state index in [1.807, 2.05) is 56.0 Å². The molecular weight excluding hydrogens is 444 g/mol. The van der Waals surface area contributed by atoms with Crippen molar-refractivity contribution in [1.82, 2.24) is 25.2 Å². The molecule has 1 aromatic carbocycles. The van der Waals surface area contributed by atoms with Crippen LogP contribution in [0.25, 0.3) is 11.2 Å². The number of anilines is 1. The Morgan fingerprint density at radius 2 is 2.06 bits per heavy atom. The molecule has 1 aliphatic heterocycles. The molecule has 2 N–H and O–H groups in total. The van der Waals surface area contributed by atoms with Crippen LogP contribution in [0.5, 0.6) is 0 Å². The van der Waals surface area contributed by atoms with E-state index in [0.717, 1.165) is 5.56 Å². The smallest absolute Gasteiger partial charge is 0.255 e. The molecule has 2 aromatic heterocycles. The highest BCUT2D eigenvalue weighted by Crippen LogP contribution is 2.26. The van der Waals surface area contributed by atoms with Gasteiger partial charge in [0.1, 0.15) is 11.3 Å². The zero-order chi connectivity index (χ0) is 25.0. The van der Waals surface area contributed by atoms with E-state index in [1.54, 1.807) is 12.4 Å². The molecule has 1 aliphatic rings. The molecule has 3 heterocycles. The molecule has 1 fully saturated rings. The van der Waals surface area contributed by atoms with E-state index in [1.165, 1.54) is 6.08 Å². The summed E-state index contributed by atoms with van der Waals surface area (Å²) in [6.07, 6.45) is 4.68. The fourth-order valence-corrected chi connectivity index (χ4v) is 4.35. The highest BCUT2D eigenvalue weighted by atomic mass is 16.5. The molecule has 1 atom stereocenters. The number of benzene rings is 1. The Morgan fingerprint density at radius 3 is 2.77 bits per heavy atom. The Balaban J connectivity index is 1.42. The van der Waals surface area contributed by atoms with Gasteiger partial charge in [-0.25, -0.2) is 9.97 Å². The van der Waals surface area contributed by atoms with Gasteiger partial charge in [-0.1, -0.05) is 36.9 Å². The Hall–Kier alpha value is -3.72. The summed E-state index contributed by atoms with van der Waals surface area (Å²) >= 11 is 0. The van der Waals surface area contributed by atoms with Crippen molar-refractivity contribution in [2.45, 2.75) is 39.0 Å². The molecule has 35 heavy (non-hydrogen) atoms. The van der Waals surface area contributed by atoms with Crippen LogP contribution >= 0.6 is 0 Å². The largest absolute Gasteiger partial charge is 0.375 e. The van der Waals surface area contributed by atoms with Crippen LogP contribution in [0.3, 0.4) is 0 Å². The second-order valence-corrected chi connectivity index (χ2v) is 9.43. The molecule has 9 heteroatoms. The minimum atomic E-state index is -0.395. The Bertz CT molecular complexity index is 1210. The summed E-state index contributed by atoms with van der Waals surface area (Å²) in [5, 5.41) is 2.98. The molecule has 184 valence electrons. The van der Waals surface area contributed by atoms with Gasteiger partial charge in [0.05, 0.1) is 30.5 Å². The standard InChI is InChI=1S/C26H32N6O3/c1-5-22(33)32-12-11-31(17-26(32,3)4)21-14-28-24-23(30-21)20(13-27-24)25(34)29-18(2)15-35-16-19-9-7-6-8-10-19/h5-10,13-14,18H,1,11-12,15-17H2,2-4H3,(H,27,28)(H,29,34)/t18-/m1/s1. The predicted octanol–water partition coefficient (Wildman–Crippen LogP) is 2.91. The first-order valence-electron chi connectivity index (χ1n) is 11.7. The molecule has 4 rings (SSSR count). The van der Waals surface area contributed by atoms with Crippen molar-refractivity contribution in [3.05, 3.63) is 66.5 Å². The van der Waals surface area contributed by atoms with Gasteiger partial charge in [0.15, 0.2) is 5.65 Å². The minimum absolute atomic E-state index is 0.0809. The summed E-state index contributed by atoms with van der Waals surface area (Å²) < 4.78 is 5.75. The Morgan fingerprint density at radius 1 is 1.29 bits per heavy atom. The lowest BCUT2D eigenvalue weighted by atomic mass is 9.98. The van der Waals surface area contributed by atoms with Crippen LogP contribution in [0.2, 0.25) is 0 Å². The Kier molecular flexibility index (Phi) is 7.16. The zero-order valence-corrected chi connectivity index (χ0v) is 20.5. The highest BCUT2D eigenvalue weighted by molar-refractivity contribution is 6.04. The van der Waals surface area contributed by atoms with E-state index < -0.39 is 5.54 Å². The van der Waals surface area contributed by atoms with Crippen LogP contribution in [-0.4, -0.2) is 69.5 Å². The van der Waals surface area contributed by atoms with Crippen molar-refractivity contribution in [3.8, 4) is 0 Å². The number of nitrogens with one attached hydrogen (secondary N) is 2. The third kappa shape index (κ3) is 5.51. The summed E-state index contributed by atoms with van der Waals surface area (Å²) in [7, 11) is 0. The summed E-state index contributed by atoms with van der Waals surface area (Å²) in [6.45, 7) is 12.2. The molecule has 0 aliphatic carbocycles. The number of fused-ring (bicyclic) bond motifs is 1. The Labute approximate surface area is 205 Å². The summed E-state index contributed by atoms with van der Waals surface area (Å²) in [5.74, 6) is 0.354. The quantitative estimate of drug-likeness (QED) is 0.485. The molecule has 0 bridgehead atoms. The van der Waals surface area contributed by atoms with Crippen molar-refractivity contribution in [1.29, 1.82) is 0 Å². The number of aromatic nitrogens is 3. The zero-order valence-electron chi connectivity index (χ0n) is 20.5. The van der Waals surface area contributed by atoms with Crippen LogP contribution in [0.15, 0.2) is 55.4 Å². The number of ether oxygens (including phenoxy) is 1. The van der Waals surface area contributed by atoms with Crippen LogP contribution in [-0.2, 0) is 16.1 Å². The van der Waals surface area contributed by atoms with Gasteiger partial charge in [-0.2, -0.15) is 0 Å². The van der Waals surface area contributed by atoms with Crippen LogP contribution in [0.1, 0.15) is 36.7 Å². The number of carbonyl (C=O) groups excluding carboxylic acids is 2. The van der Waals surface area contributed by atoms with Crippen molar-refractivity contribution in [3.63, 3.8) is 0 Å². The molecule has 0 spiro atoms. The number of H-pyrrole nitrogens is 1. The monoisotopic (exact) mass is 476 g/mol. The number of carbonyl (C=O) groups is 2. The summed E-state index contributed by atoms with van der Waals surface area (Å²) in [4.78, 5) is 41.4. The number of aromatic amines is 1. The molecule has 0 radical (unpaired) electrons. The SMILES string of the molecule is C=CC(=O)N1CCN(c2cnc3[nH]cc(C(=O)N[C@H](C)COCc4ccccc4)c3n2)CC1(C)C. The molecule has 3 aromatic rings. The normalized spacial score (nSPS) is 16.2. The maximum atomic E-state index is 13.0. The van der Waals surface area contributed by atoms with Crippen molar-refractivity contribution < 1.29 is 14.3 Å². The molecule has 2 amide bonds. The van der Waals surface area contributed by atoms with E-state index in [0.29, 0.717) is 55.4 Å². The van der Waals surface area contributed by atoms with Gasteiger partial charge >= 0.3 is 0 Å². The van der Waals surface area contributed by atoms with E-state index in [9.17, 15) is 9.59 Å². The molecular formula is C26H32N6O3. The van der Waals surface area contributed by atoms with Gasteiger partial charge < -0.3 is 24.8 Å².